The van der Waals surface area contributed by atoms with E-state index in [1.807, 2.05) is 4.90 Å². The zero-order valence-electron chi connectivity index (χ0n) is 22.3. The Kier molecular flexibility index (Phi) is 8.02. The van der Waals surface area contributed by atoms with Gasteiger partial charge in [0.2, 0.25) is 5.91 Å². The SMILES string of the molecule is CC#CCN1C(N2CCC[C@@H](N)C2)=NC2C1C(=O)N(CC(=O)c1ccccc1NC(=O)C(C)C)C(=O)N2C. The van der Waals surface area contributed by atoms with Gasteiger partial charge in [0.15, 0.2) is 24.0 Å². The number of nitrogens with one attached hydrogen (secondary N) is 1. The number of aliphatic imine (C=N–C) groups is 1. The number of amides is 4. The highest BCUT2D eigenvalue weighted by Crippen LogP contribution is 2.30. The maximum Gasteiger partial charge on any atom is 0.328 e. The van der Waals surface area contributed by atoms with Gasteiger partial charge < -0.3 is 25.8 Å². The molecule has 4 amide bonds. The highest BCUT2D eigenvalue weighted by Gasteiger charge is 2.53. The molecular formula is C27H35N7O4. The summed E-state index contributed by atoms with van der Waals surface area (Å²) >= 11 is 0. The Hall–Kier alpha value is -3.91. The molecule has 202 valence electrons. The second-order valence-electron chi connectivity index (χ2n) is 10.1. The largest absolute Gasteiger partial charge is 0.341 e. The third-order valence-electron chi connectivity index (χ3n) is 7.05. The number of fused-ring (bicyclic) bond motifs is 1. The van der Waals surface area contributed by atoms with Crippen molar-refractivity contribution in [2.75, 3.05) is 38.5 Å². The number of hydrogen-bond acceptors (Lipinski definition) is 8. The van der Waals surface area contributed by atoms with Gasteiger partial charge in [-0.1, -0.05) is 31.9 Å². The van der Waals surface area contributed by atoms with Crippen LogP contribution in [-0.4, -0.2) is 101 Å². The van der Waals surface area contributed by atoms with Crippen molar-refractivity contribution in [3.8, 4) is 11.8 Å². The predicted octanol–water partition coefficient (Wildman–Crippen LogP) is 1.17. The number of nitrogens with zero attached hydrogens (tertiary/aromatic N) is 5. The monoisotopic (exact) mass is 521 g/mol. The molecule has 0 aromatic heterocycles. The molecule has 0 saturated carbocycles. The number of likely N-dealkylation sites (N-methyl/N-ethyl adjacent to an activating group) is 1. The van der Waals surface area contributed by atoms with E-state index in [0.29, 0.717) is 18.2 Å². The van der Waals surface area contributed by atoms with E-state index in [4.69, 9.17) is 10.7 Å². The average molecular weight is 522 g/mol. The third kappa shape index (κ3) is 5.22. The summed E-state index contributed by atoms with van der Waals surface area (Å²) in [7, 11) is 1.58. The molecule has 3 heterocycles. The van der Waals surface area contributed by atoms with E-state index in [2.05, 4.69) is 22.1 Å². The fraction of sp³-hybridized carbons (Fsp3) is 0.519. The molecular weight excluding hydrogens is 486 g/mol. The summed E-state index contributed by atoms with van der Waals surface area (Å²) in [5, 5.41) is 2.76. The first-order valence-electron chi connectivity index (χ1n) is 12.9. The zero-order chi connectivity index (χ0) is 27.6. The molecule has 2 saturated heterocycles. The number of para-hydroxylation sites is 1. The summed E-state index contributed by atoms with van der Waals surface area (Å²) in [6.07, 6.45) is 1.09. The molecule has 1 aromatic carbocycles. The standard InChI is InChI=1S/C27H35N7O4/c1-5-6-14-33-22-23(30-26(33)32-13-9-10-18(28)15-32)31(4)27(38)34(25(22)37)16-21(35)19-11-7-8-12-20(19)29-24(36)17(2)3/h7-8,11-12,17-18,22-23H,9-10,13-16,28H2,1-4H3,(H,29,36)/t18-,22?,23?/m1/s1. The van der Waals surface area contributed by atoms with Gasteiger partial charge in [-0.2, -0.15) is 0 Å². The van der Waals surface area contributed by atoms with Gasteiger partial charge in [-0.25, -0.2) is 9.79 Å². The Balaban J connectivity index is 1.60. The second-order valence-corrected chi connectivity index (χ2v) is 10.1. The minimum atomic E-state index is -0.810. The van der Waals surface area contributed by atoms with Crippen LogP contribution in [0, 0.1) is 17.8 Å². The van der Waals surface area contributed by atoms with Gasteiger partial charge in [0.1, 0.15) is 0 Å². The Labute approximate surface area is 223 Å². The number of rotatable bonds is 6. The topological polar surface area (TPSA) is 132 Å². The van der Waals surface area contributed by atoms with E-state index >= 15 is 0 Å². The van der Waals surface area contributed by atoms with Gasteiger partial charge in [0.05, 0.1) is 18.8 Å². The minimum absolute atomic E-state index is 0.00590. The maximum absolute atomic E-state index is 13.8. The van der Waals surface area contributed by atoms with Crippen molar-refractivity contribution in [2.45, 2.75) is 51.9 Å². The summed E-state index contributed by atoms with van der Waals surface area (Å²) in [6, 6.07) is 5.16. The van der Waals surface area contributed by atoms with Crippen molar-refractivity contribution < 1.29 is 19.2 Å². The molecule has 3 aliphatic rings. The second kappa shape index (κ2) is 11.2. The van der Waals surface area contributed by atoms with Gasteiger partial charge in [0, 0.05) is 37.7 Å². The number of Topliss-reactive ketones (excluding diaryl/α,β-unsaturated/α-hetero) is 1. The number of carbonyl (C=O) groups is 4. The van der Waals surface area contributed by atoms with Crippen molar-refractivity contribution in [3.63, 3.8) is 0 Å². The lowest BCUT2D eigenvalue weighted by atomic mass is 10.0. The maximum atomic E-state index is 13.8. The number of piperidine rings is 1. The number of imide groups is 1. The summed E-state index contributed by atoms with van der Waals surface area (Å²) in [5.74, 6) is 5.00. The first kappa shape index (κ1) is 27.1. The Morgan fingerprint density at radius 2 is 1.97 bits per heavy atom. The van der Waals surface area contributed by atoms with E-state index < -0.39 is 36.5 Å². The molecule has 0 aliphatic carbocycles. The smallest absolute Gasteiger partial charge is 0.328 e. The summed E-state index contributed by atoms with van der Waals surface area (Å²) < 4.78 is 0. The third-order valence-corrected chi connectivity index (χ3v) is 7.05. The first-order valence-corrected chi connectivity index (χ1v) is 12.9. The highest BCUT2D eigenvalue weighted by molar-refractivity contribution is 6.11. The highest BCUT2D eigenvalue weighted by atomic mass is 16.2. The number of guanidine groups is 1. The molecule has 3 atom stereocenters. The molecule has 38 heavy (non-hydrogen) atoms. The number of carbonyl (C=O) groups excluding carboxylic acids is 4. The molecule has 2 unspecified atom stereocenters. The van der Waals surface area contributed by atoms with Gasteiger partial charge in [-0.15, -0.1) is 5.92 Å². The molecule has 2 fully saturated rings. The molecule has 0 spiro atoms. The van der Waals surface area contributed by atoms with E-state index in [1.54, 1.807) is 52.1 Å². The average Bonchev–Trinajstić information content (AvgIpc) is 3.28. The first-order chi connectivity index (χ1) is 18.1. The predicted molar refractivity (Wildman–Crippen MR) is 143 cm³/mol. The van der Waals surface area contributed by atoms with Crippen LogP contribution in [0.1, 0.15) is 44.0 Å². The number of benzene rings is 1. The van der Waals surface area contributed by atoms with E-state index in [-0.39, 0.29) is 30.0 Å². The molecule has 1 aromatic rings. The molecule has 3 N–H and O–H groups in total. The van der Waals surface area contributed by atoms with E-state index in [1.165, 1.54) is 4.90 Å². The molecule has 11 heteroatoms. The summed E-state index contributed by atoms with van der Waals surface area (Å²) in [4.78, 5) is 63.8. The van der Waals surface area contributed by atoms with Gasteiger partial charge >= 0.3 is 6.03 Å². The van der Waals surface area contributed by atoms with Crippen LogP contribution < -0.4 is 11.1 Å². The Bertz CT molecular complexity index is 1220. The van der Waals surface area contributed by atoms with Gasteiger partial charge in [-0.3, -0.25) is 19.3 Å². The van der Waals surface area contributed by atoms with Crippen LogP contribution in [0.3, 0.4) is 0 Å². The van der Waals surface area contributed by atoms with Crippen LogP contribution in [-0.2, 0) is 9.59 Å². The lowest BCUT2D eigenvalue weighted by molar-refractivity contribution is -0.136. The Morgan fingerprint density at radius 3 is 2.66 bits per heavy atom. The fourth-order valence-corrected chi connectivity index (χ4v) is 4.94. The van der Waals surface area contributed by atoms with E-state index in [0.717, 1.165) is 24.3 Å². The van der Waals surface area contributed by atoms with Crippen LogP contribution >= 0.6 is 0 Å². The van der Waals surface area contributed by atoms with Crippen LogP contribution in [0.4, 0.5) is 10.5 Å². The molecule has 0 bridgehead atoms. The lowest BCUT2D eigenvalue weighted by Crippen LogP contribution is -2.66. The zero-order valence-corrected chi connectivity index (χ0v) is 22.3. The number of urea groups is 1. The number of nitrogens with two attached hydrogens (primary N) is 1. The normalized spacial score (nSPS) is 23.2. The van der Waals surface area contributed by atoms with Crippen molar-refractivity contribution in [2.24, 2.45) is 16.6 Å². The van der Waals surface area contributed by atoms with Crippen LogP contribution in [0.25, 0.3) is 0 Å². The quantitative estimate of drug-likeness (QED) is 0.424. The Morgan fingerprint density at radius 1 is 1.24 bits per heavy atom. The van der Waals surface area contributed by atoms with E-state index in [9.17, 15) is 19.2 Å². The van der Waals surface area contributed by atoms with Crippen LogP contribution in [0.15, 0.2) is 29.3 Å². The molecule has 4 rings (SSSR count). The molecule has 11 nitrogen and oxygen atoms in total. The van der Waals surface area contributed by atoms with Crippen molar-refractivity contribution in [1.29, 1.82) is 0 Å². The number of anilines is 1. The summed E-state index contributed by atoms with van der Waals surface area (Å²) in [5.41, 5.74) is 6.77. The van der Waals surface area contributed by atoms with Gasteiger partial charge in [-0.05, 0) is 31.9 Å². The van der Waals surface area contributed by atoms with Crippen molar-refractivity contribution >= 4 is 35.3 Å². The number of likely N-dealkylation sites (tertiary alicyclic amines) is 1. The minimum Gasteiger partial charge on any atom is -0.341 e. The van der Waals surface area contributed by atoms with Gasteiger partial charge in [0.25, 0.3) is 5.91 Å². The number of ketones is 1. The van der Waals surface area contributed by atoms with Crippen LogP contribution in [0.5, 0.6) is 0 Å². The summed E-state index contributed by atoms with van der Waals surface area (Å²) in [6.45, 7) is 6.36. The molecule has 0 radical (unpaired) electrons. The van der Waals surface area contributed by atoms with Crippen molar-refractivity contribution in [3.05, 3.63) is 29.8 Å². The molecule has 3 aliphatic heterocycles. The van der Waals surface area contributed by atoms with Crippen molar-refractivity contribution in [1.82, 2.24) is 19.6 Å². The van der Waals surface area contributed by atoms with Crippen LogP contribution in [0.2, 0.25) is 0 Å². The lowest BCUT2D eigenvalue weighted by Gasteiger charge is -2.41. The fourth-order valence-electron chi connectivity index (χ4n) is 4.94. The number of hydrogen-bond donors (Lipinski definition) is 2.